The molecule has 5 rings (SSSR count). The molecule has 0 N–H and O–H groups in total. The van der Waals surface area contributed by atoms with E-state index in [0.29, 0.717) is 32.5 Å². The second kappa shape index (κ2) is 13.1. The number of methoxy groups -OCH3 is 2. The van der Waals surface area contributed by atoms with Gasteiger partial charge in [-0.1, -0.05) is 18.2 Å². The van der Waals surface area contributed by atoms with Gasteiger partial charge in [-0.25, -0.2) is 4.98 Å². The fraction of sp³-hybridized carbons (Fsp3) is 0.464. The summed E-state index contributed by atoms with van der Waals surface area (Å²) >= 11 is 1.36. The number of fused-ring (bicyclic) bond motifs is 1. The van der Waals surface area contributed by atoms with Gasteiger partial charge in [0.05, 0.1) is 13.7 Å². The van der Waals surface area contributed by atoms with Gasteiger partial charge >= 0.3 is 0 Å². The Labute approximate surface area is 233 Å². The molecule has 11 heteroatoms. The number of carbonyl (C=O) groups is 1. The van der Waals surface area contributed by atoms with E-state index in [1.807, 2.05) is 41.3 Å². The second-order valence-corrected chi connectivity index (χ2v) is 10.3. The molecule has 1 aromatic heterocycles. The molecule has 2 aromatic carbocycles. The number of rotatable bonds is 12. The number of ether oxygens (including phenoxy) is 4. The van der Waals surface area contributed by atoms with E-state index in [0.717, 1.165) is 66.5 Å². The van der Waals surface area contributed by atoms with Crippen molar-refractivity contribution in [1.82, 2.24) is 19.2 Å². The van der Waals surface area contributed by atoms with Gasteiger partial charge in [-0.2, -0.15) is 4.37 Å². The Morgan fingerprint density at radius 1 is 1.03 bits per heavy atom. The molecule has 208 valence electrons. The van der Waals surface area contributed by atoms with Crippen LogP contribution in [0, 0.1) is 0 Å². The van der Waals surface area contributed by atoms with Crippen LogP contribution in [0.2, 0.25) is 0 Å². The summed E-state index contributed by atoms with van der Waals surface area (Å²) in [5.41, 5.74) is 2.28. The molecule has 0 unspecified atom stereocenters. The van der Waals surface area contributed by atoms with Crippen LogP contribution in [-0.4, -0.2) is 92.0 Å². The molecular formula is C28H35N5O5S. The van der Waals surface area contributed by atoms with Gasteiger partial charge in [0.15, 0.2) is 11.5 Å². The smallest absolute Gasteiger partial charge is 0.231 e. The minimum atomic E-state index is 0.168. The van der Waals surface area contributed by atoms with Crippen LogP contribution in [0.4, 0.5) is 5.13 Å². The summed E-state index contributed by atoms with van der Waals surface area (Å²) in [6.45, 7) is 6.04. The van der Waals surface area contributed by atoms with Gasteiger partial charge in [-0.3, -0.25) is 9.69 Å². The highest BCUT2D eigenvalue weighted by Gasteiger charge is 2.23. The third-order valence-electron chi connectivity index (χ3n) is 6.95. The lowest BCUT2D eigenvalue weighted by atomic mass is 10.1. The minimum absolute atomic E-state index is 0.168. The summed E-state index contributed by atoms with van der Waals surface area (Å²) in [5, 5.41) is 0.811. The van der Waals surface area contributed by atoms with E-state index in [1.165, 1.54) is 17.1 Å². The van der Waals surface area contributed by atoms with Gasteiger partial charge in [0.1, 0.15) is 11.6 Å². The maximum Gasteiger partial charge on any atom is 0.231 e. The van der Waals surface area contributed by atoms with E-state index in [9.17, 15) is 4.79 Å². The lowest BCUT2D eigenvalue weighted by molar-refractivity contribution is -0.132. The molecule has 0 aliphatic carbocycles. The zero-order valence-corrected chi connectivity index (χ0v) is 23.3. The molecular weight excluding hydrogens is 518 g/mol. The fourth-order valence-corrected chi connectivity index (χ4v) is 5.49. The Kier molecular flexibility index (Phi) is 9.12. The van der Waals surface area contributed by atoms with E-state index in [4.69, 9.17) is 23.9 Å². The number of amides is 1. The lowest BCUT2D eigenvalue weighted by Gasteiger charge is -2.35. The third-order valence-corrected chi connectivity index (χ3v) is 7.77. The van der Waals surface area contributed by atoms with Gasteiger partial charge in [0.25, 0.3) is 0 Å². The maximum atomic E-state index is 13.1. The van der Waals surface area contributed by atoms with Crippen molar-refractivity contribution in [2.75, 3.05) is 71.8 Å². The Morgan fingerprint density at radius 3 is 2.69 bits per heavy atom. The standard InChI is InChI=1S/C28H35N5O5S/c1-35-15-14-33(28-29-26(30-39-28)18-21-4-3-5-23(16-21)36-2)9-8-27(34)32-12-10-31(11-13-32)19-22-6-7-24-25(17-22)38-20-37-24/h3-7,16-17H,8-15,18-20H2,1-2H3. The first-order valence-electron chi connectivity index (χ1n) is 13.2. The highest BCUT2D eigenvalue weighted by molar-refractivity contribution is 7.09. The molecule has 2 aliphatic rings. The third kappa shape index (κ3) is 7.17. The van der Waals surface area contributed by atoms with Crippen molar-refractivity contribution in [3.05, 3.63) is 59.4 Å². The number of anilines is 1. The predicted octanol–water partition coefficient (Wildman–Crippen LogP) is 3.05. The van der Waals surface area contributed by atoms with Crippen LogP contribution < -0.4 is 19.1 Å². The van der Waals surface area contributed by atoms with Crippen LogP contribution in [-0.2, 0) is 22.5 Å². The zero-order chi connectivity index (χ0) is 27.0. The van der Waals surface area contributed by atoms with Crippen molar-refractivity contribution in [2.45, 2.75) is 19.4 Å². The summed E-state index contributed by atoms with van der Waals surface area (Å²) in [4.78, 5) is 24.3. The highest BCUT2D eigenvalue weighted by Crippen LogP contribution is 2.33. The van der Waals surface area contributed by atoms with Crippen molar-refractivity contribution in [1.29, 1.82) is 0 Å². The van der Waals surface area contributed by atoms with Crippen LogP contribution in [0.1, 0.15) is 23.4 Å². The molecule has 0 radical (unpaired) electrons. The largest absolute Gasteiger partial charge is 0.497 e. The van der Waals surface area contributed by atoms with E-state index < -0.39 is 0 Å². The summed E-state index contributed by atoms with van der Waals surface area (Å²) in [5.74, 6) is 3.35. The molecule has 39 heavy (non-hydrogen) atoms. The molecule has 10 nitrogen and oxygen atoms in total. The van der Waals surface area contributed by atoms with Crippen molar-refractivity contribution in [3.8, 4) is 17.2 Å². The molecule has 3 aromatic rings. The van der Waals surface area contributed by atoms with Crippen LogP contribution >= 0.6 is 11.5 Å². The number of piperazine rings is 1. The molecule has 2 aliphatic heterocycles. The van der Waals surface area contributed by atoms with Gasteiger partial charge in [0.2, 0.25) is 17.8 Å². The predicted molar refractivity (Wildman–Crippen MR) is 149 cm³/mol. The van der Waals surface area contributed by atoms with Gasteiger partial charge < -0.3 is 28.7 Å². The number of hydrogen-bond donors (Lipinski definition) is 0. The molecule has 1 saturated heterocycles. The maximum absolute atomic E-state index is 13.1. The summed E-state index contributed by atoms with van der Waals surface area (Å²) < 4.78 is 26.1. The topological polar surface area (TPSA) is 89.5 Å². The summed E-state index contributed by atoms with van der Waals surface area (Å²) in [6, 6.07) is 14.0. The van der Waals surface area contributed by atoms with Gasteiger partial charge in [-0.05, 0) is 35.4 Å². The van der Waals surface area contributed by atoms with Gasteiger partial charge in [0, 0.05) is 77.3 Å². The molecule has 0 bridgehead atoms. The summed E-state index contributed by atoms with van der Waals surface area (Å²) in [7, 11) is 3.34. The number of aromatic nitrogens is 2. The second-order valence-electron chi connectivity index (χ2n) is 9.60. The first kappa shape index (κ1) is 27.2. The highest BCUT2D eigenvalue weighted by atomic mass is 32.1. The number of benzene rings is 2. The molecule has 0 saturated carbocycles. The Morgan fingerprint density at radius 2 is 1.87 bits per heavy atom. The van der Waals surface area contributed by atoms with Crippen molar-refractivity contribution in [3.63, 3.8) is 0 Å². The molecule has 0 atom stereocenters. The SMILES string of the molecule is COCCN(CCC(=O)N1CCN(Cc2ccc3c(c2)OCO3)CC1)c1nc(Cc2cccc(OC)c2)ns1. The number of hydrogen-bond acceptors (Lipinski definition) is 10. The number of carbonyl (C=O) groups excluding carboxylic acids is 1. The fourth-order valence-electron chi connectivity index (χ4n) is 4.76. The van der Waals surface area contributed by atoms with Crippen molar-refractivity contribution >= 4 is 22.6 Å². The van der Waals surface area contributed by atoms with E-state index in [1.54, 1.807) is 14.2 Å². The molecule has 1 fully saturated rings. The normalized spacial score (nSPS) is 15.0. The van der Waals surface area contributed by atoms with Crippen LogP contribution in [0.3, 0.4) is 0 Å². The van der Waals surface area contributed by atoms with Crippen LogP contribution in [0.15, 0.2) is 42.5 Å². The van der Waals surface area contributed by atoms with Crippen molar-refractivity contribution in [2.24, 2.45) is 0 Å². The zero-order valence-electron chi connectivity index (χ0n) is 22.5. The Balaban J connectivity index is 1.11. The van der Waals surface area contributed by atoms with Crippen LogP contribution in [0.5, 0.6) is 17.2 Å². The van der Waals surface area contributed by atoms with E-state index in [2.05, 4.69) is 20.2 Å². The first-order chi connectivity index (χ1) is 19.1. The summed E-state index contributed by atoms with van der Waals surface area (Å²) in [6.07, 6.45) is 1.05. The molecule has 1 amide bonds. The van der Waals surface area contributed by atoms with Crippen LogP contribution in [0.25, 0.3) is 0 Å². The monoisotopic (exact) mass is 553 g/mol. The molecule has 0 spiro atoms. The minimum Gasteiger partial charge on any atom is -0.497 e. The number of nitrogens with zero attached hydrogens (tertiary/aromatic N) is 5. The van der Waals surface area contributed by atoms with E-state index >= 15 is 0 Å². The quantitative estimate of drug-likeness (QED) is 0.336. The van der Waals surface area contributed by atoms with Gasteiger partial charge in [-0.15, -0.1) is 0 Å². The first-order valence-corrected chi connectivity index (χ1v) is 14.0. The average Bonchev–Trinajstić information content (AvgIpc) is 3.63. The Bertz CT molecular complexity index is 1250. The molecule has 3 heterocycles. The van der Waals surface area contributed by atoms with E-state index in [-0.39, 0.29) is 12.7 Å². The van der Waals surface area contributed by atoms with Crippen molar-refractivity contribution < 1.29 is 23.7 Å². The average molecular weight is 554 g/mol. The lowest BCUT2D eigenvalue weighted by Crippen LogP contribution is -2.48. The Hall–Kier alpha value is -3.41.